The lowest BCUT2D eigenvalue weighted by atomic mass is 9.73. The molecule has 1 aromatic carbocycles. The van der Waals surface area contributed by atoms with Gasteiger partial charge < -0.3 is 10.2 Å². The minimum absolute atomic E-state index is 0.0755. The van der Waals surface area contributed by atoms with E-state index in [1.54, 1.807) is 0 Å². The van der Waals surface area contributed by atoms with Crippen LogP contribution in [0.1, 0.15) is 44.6 Å². The van der Waals surface area contributed by atoms with Crippen molar-refractivity contribution < 1.29 is 4.79 Å². The van der Waals surface area contributed by atoms with E-state index in [1.165, 1.54) is 24.8 Å². The van der Waals surface area contributed by atoms with Crippen LogP contribution in [-0.2, 0) is 0 Å². The summed E-state index contributed by atoms with van der Waals surface area (Å²) in [6, 6.07) is 10.8. The third-order valence-corrected chi connectivity index (χ3v) is 5.82. The van der Waals surface area contributed by atoms with Gasteiger partial charge in [-0.25, -0.2) is 4.79 Å². The summed E-state index contributed by atoms with van der Waals surface area (Å²) in [5.41, 5.74) is 3.71. The van der Waals surface area contributed by atoms with Gasteiger partial charge in [0.05, 0.1) is 11.7 Å². The molecular formula is C19H24N2O. The zero-order chi connectivity index (χ0) is 15.1. The van der Waals surface area contributed by atoms with Crippen LogP contribution in [0.2, 0.25) is 0 Å². The molecule has 2 amide bonds. The van der Waals surface area contributed by atoms with Crippen LogP contribution in [0.25, 0.3) is 5.70 Å². The minimum Gasteiger partial charge on any atom is -0.318 e. The Kier molecular flexibility index (Phi) is 3.44. The minimum atomic E-state index is 0.0755. The van der Waals surface area contributed by atoms with Crippen LogP contribution >= 0.6 is 0 Å². The summed E-state index contributed by atoms with van der Waals surface area (Å²) in [5.74, 6) is 1.66. The Morgan fingerprint density at radius 1 is 1.18 bits per heavy atom. The fourth-order valence-corrected chi connectivity index (χ4v) is 4.75. The zero-order valence-electron chi connectivity index (χ0n) is 13.2. The molecule has 3 heteroatoms. The number of urea groups is 1. The fourth-order valence-electron chi connectivity index (χ4n) is 4.75. The Morgan fingerprint density at radius 3 is 2.73 bits per heavy atom. The van der Waals surface area contributed by atoms with Gasteiger partial charge in [-0.1, -0.05) is 43.2 Å². The highest BCUT2D eigenvalue weighted by Gasteiger charge is 2.43. The van der Waals surface area contributed by atoms with E-state index in [1.807, 2.05) is 11.0 Å². The molecule has 22 heavy (non-hydrogen) atoms. The van der Waals surface area contributed by atoms with E-state index in [0.717, 1.165) is 42.5 Å². The van der Waals surface area contributed by atoms with Crippen molar-refractivity contribution in [1.29, 1.82) is 0 Å². The number of amides is 2. The van der Waals surface area contributed by atoms with Gasteiger partial charge in [0.2, 0.25) is 0 Å². The van der Waals surface area contributed by atoms with E-state index in [9.17, 15) is 4.79 Å². The Bertz CT molecular complexity index is 607. The quantitative estimate of drug-likeness (QED) is 0.878. The molecule has 4 rings (SSSR count). The van der Waals surface area contributed by atoms with E-state index in [4.69, 9.17) is 0 Å². The lowest BCUT2D eigenvalue weighted by molar-refractivity contribution is 0.153. The number of nitrogens with one attached hydrogen (secondary N) is 1. The van der Waals surface area contributed by atoms with E-state index in [0.29, 0.717) is 6.04 Å². The molecule has 1 aliphatic heterocycles. The van der Waals surface area contributed by atoms with Gasteiger partial charge in [-0.3, -0.25) is 0 Å². The molecule has 1 heterocycles. The maximum Gasteiger partial charge on any atom is 0.322 e. The molecule has 0 spiro atoms. The van der Waals surface area contributed by atoms with Crippen molar-refractivity contribution in [3.8, 4) is 0 Å². The number of likely N-dealkylation sites (N-methyl/N-ethyl adjacent to an activating group) is 1. The number of carbonyl (C=O) groups is 1. The first kappa shape index (κ1) is 13.9. The average Bonchev–Trinajstić information content (AvgIpc) is 3.00. The molecule has 0 saturated heterocycles. The Hall–Kier alpha value is -1.77. The van der Waals surface area contributed by atoms with Gasteiger partial charge in [0, 0.05) is 6.54 Å². The first-order valence-electron chi connectivity index (χ1n) is 8.64. The van der Waals surface area contributed by atoms with Gasteiger partial charge >= 0.3 is 6.03 Å². The molecule has 1 N–H and O–H groups in total. The van der Waals surface area contributed by atoms with Crippen molar-refractivity contribution in [3.05, 3.63) is 41.5 Å². The number of hydrogen-bond acceptors (Lipinski definition) is 1. The van der Waals surface area contributed by atoms with Gasteiger partial charge in [0.25, 0.3) is 0 Å². The third-order valence-electron chi connectivity index (χ3n) is 5.82. The van der Waals surface area contributed by atoms with Crippen LogP contribution in [-0.4, -0.2) is 23.5 Å². The summed E-state index contributed by atoms with van der Waals surface area (Å²) in [7, 11) is 0. The third kappa shape index (κ3) is 2.15. The van der Waals surface area contributed by atoms with E-state index >= 15 is 0 Å². The summed E-state index contributed by atoms with van der Waals surface area (Å²) in [6.45, 7) is 2.88. The standard InChI is InChI=1S/C19H24N2O/c1-2-21-17-12-15-10-6-9-14(15)11-16(17)18(20-19(21)22)13-7-4-3-5-8-13/h3-5,7-8,14-15,17H,2,6,9-12H2,1H3,(H,20,22). The van der Waals surface area contributed by atoms with Crippen molar-refractivity contribution in [2.75, 3.05) is 6.54 Å². The molecule has 0 bridgehead atoms. The molecule has 1 aromatic rings. The van der Waals surface area contributed by atoms with E-state index in [2.05, 4.69) is 36.5 Å². The van der Waals surface area contributed by atoms with Gasteiger partial charge in [-0.15, -0.1) is 0 Å². The molecule has 3 unspecified atom stereocenters. The monoisotopic (exact) mass is 296 g/mol. The van der Waals surface area contributed by atoms with Crippen molar-refractivity contribution in [2.24, 2.45) is 11.8 Å². The van der Waals surface area contributed by atoms with Gasteiger partial charge in [0.15, 0.2) is 0 Å². The number of hydrogen-bond donors (Lipinski definition) is 1. The highest BCUT2D eigenvalue weighted by atomic mass is 16.2. The lowest BCUT2D eigenvalue weighted by Crippen LogP contribution is -2.53. The number of benzene rings is 1. The molecule has 0 aromatic heterocycles. The van der Waals surface area contributed by atoms with Crippen molar-refractivity contribution in [1.82, 2.24) is 10.2 Å². The molecule has 3 nitrogen and oxygen atoms in total. The normalized spacial score (nSPS) is 30.9. The highest BCUT2D eigenvalue weighted by Crippen LogP contribution is 2.48. The van der Waals surface area contributed by atoms with Crippen LogP contribution in [0.5, 0.6) is 0 Å². The second-order valence-electron chi connectivity index (χ2n) is 6.89. The molecule has 2 saturated carbocycles. The molecule has 3 atom stereocenters. The predicted molar refractivity (Wildman–Crippen MR) is 88.1 cm³/mol. The molecular weight excluding hydrogens is 272 g/mol. The first-order chi connectivity index (χ1) is 10.8. The number of rotatable bonds is 2. The van der Waals surface area contributed by atoms with Crippen LogP contribution in [0.4, 0.5) is 4.79 Å². The molecule has 3 aliphatic rings. The largest absolute Gasteiger partial charge is 0.322 e. The zero-order valence-corrected chi connectivity index (χ0v) is 13.2. The van der Waals surface area contributed by atoms with Crippen molar-refractivity contribution in [2.45, 2.75) is 45.1 Å². The second-order valence-corrected chi connectivity index (χ2v) is 6.89. The number of carbonyl (C=O) groups excluding carboxylic acids is 1. The van der Waals surface area contributed by atoms with Crippen LogP contribution in [0.3, 0.4) is 0 Å². The van der Waals surface area contributed by atoms with Gasteiger partial charge in [0.1, 0.15) is 0 Å². The lowest BCUT2D eigenvalue weighted by Gasteiger charge is -2.45. The maximum absolute atomic E-state index is 12.5. The van der Waals surface area contributed by atoms with Crippen molar-refractivity contribution in [3.63, 3.8) is 0 Å². The smallest absolute Gasteiger partial charge is 0.318 e. The number of nitrogens with zero attached hydrogens (tertiary/aromatic N) is 1. The summed E-state index contributed by atoms with van der Waals surface area (Å²) >= 11 is 0. The average molecular weight is 296 g/mol. The Morgan fingerprint density at radius 2 is 1.95 bits per heavy atom. The number of fused-ring (bicyclic) bond motifs is 2. The molecule has 2 aliphatic carbocycles. The van der Waals surface area contributed by atoms with E-state index < -0.39 is 0 Å². The molecule has 2 fully saturated rings. The predicted octanol–water partition coefficient (Wildman–Crippen LogP) is 4.02. The summed E-state index contributed by atoms with van der Waals surface area (Å²) < 4.78 is 0. The highest BCUT2D eigenvalue weighted by molar-refractivity contribution is 5.90. The van der Waals surface area contributed by atoms with Crippen LogP contribution in [0.15, 0.2) is 35.9 Å². The summed E-state index contributed by atoms with van der Waals surface area (Å²) in [6.07, 6.45) is 6.41. The summed E-state index contributed by atoms with van der Waals surface area (Å²) in [4.78, 5) is 14.6. The second kappa shape index (κ2) is 5.45. The molecule has 0 radical (unpaired) electrons. The maximum atomic E-state index is 12.5. The Labute approximate surface area is 132 Å². The van der Waals surface area contributed by atoms with Gasteiger partial charge in [-0.05, 0) is 49.2 Å². The van der Waals surface area contributed by atoms with Crippen LogP contribution < -0.4 is 5.32 Å². The fraction of sp³-hybridized carbons (Fsp3) is 0.526. The summed E-state index contributed by atoms with van der Waals surface area (Å²) in [5, 5.41) is 3.18. The van der Waals surface area contributed by atoms with Crippen molar-refractivity contribution >= 4 is 11.7 Å². The Balaban J connectivity index is 1.78. The van der Waals surface area contributed by atoms with Crippen LogP contribution in [0, 0.1) is 11.8 Å². The topological polar surface area (TPSA) is 32.3 Å². The first-order valence-corrected chi connectivity index (χ1v) is 8.64. The molecule has 116 valence electrons. The van der Waals surface area contributed by atoms with Gasteiger partial charge in [-0.2, -0.15) is 0 Å². The van der Waals surface area contributed by atoms with E-state index in [-0.39, 0.29) is 6.03 Å². The SMILES string of the molecule is CCN1C(=O)NC(c2ccccc2)=C2CC3CCCC3CC21.